The van der Waals surface area contributed by atoms with E-state index in [-0.39, 0.29) is 0 Å². The van der Waals surface area contributed by atoms with Gasteiger partial charge in [-0.05, 0) is 130 Å². The number of aryl methyl sites for hydroxylation is 2. The first kappa shape index (κ1) is 22.9. The SMILES string of the molecule is Cc1ccc(C(C)C)cc2c(C)c(C3=CC(c4cc5c(C)ccc(C(C)C)cc-5c4C)C3)cc1-2. The van der Waals surface area contributed by atoms with Crippen LogP contribution in [0.15, 0.2) is 54.6 Å². The molecule has 0 amide bonds. The van der Waals surface area contributed by atoms with Gasteiger partial charge in [-0.1, -0.05) is 70.2 Å². The van der Waals surface area contributed by atoms with Crippen LogP contribution in [0.1, 0.15) is 96.4 Å². The van der Waals surface area contributed by atoms with Crippen molar-refractivity contribution in [2.24, 2.45) is 0 Å². The van der Waals surface area contributed by atoms with E-state index in [1.165, 1.54) is 72.3 Å². The molecule has 5 aliphatic carbocycles. The summed E-state index contributed by atoms with van der Waals surface area (Å²) >= 11 is 0. The minimum absolute atomic E-state index is 0.524. The lowest BCUT2D eigenvalue weighted by Crippen LogP contribution is -2.08. The Hall–Kier alpha value is -2.86. The molecule has 34 heavy (non-hydrogen) atoms. The van der Waals surface area contributed by atoms with Crippen molar-refractivity contribution in [2.75, 3.05) is 0 Å². The molecule has 0 aromatic rings. The van der Waals surface area contributed by atoms with Crippen LogP contribution in [0.3, 0.4) is 0 Å². The van der Waals surface area contributed by atoms with Crippen LogP contribution in [0.25, 0.3) is 27.8 Å². The molecule has 0 aromatic heterocycles. The summed E-state index contributed by atoms with van der Waals surface area (Å²) in [6.45, 7) is 18.3. The maximum absolute atomic E-state index is 2.53. The fourth-order valence-electron chi connectivity index (χ4n) is 5.74. The second-order valence-electron chi connectivity index (χ2n) is 11.2. The molecule has 174 valence electrons. The molecule has 0 saturated carbocycles. The Morgan fingerprint density at radius 2 is 1.09 bits per heavy atom. The first-order chi connectivity index (χ1) is 16.2. The van der Waals surface area contributed by atoms with E-state index in [1.54, 1.807) is 0 Å². The molecule has 0 heterocycles. The molecule has 1 unspecified atom stereocenters. The first-order valence-electron chi connectivity index (χ1n) is 12.9. The van der Waals surface area contributed by atoms with Crippen molar-refractivity contribution in [1.82, 2.24) is 0 Å². The van der Waals surface area contributed by atoms with Crippen molar-refractivity contribution in [1.29, 1.82) is 0 Å². The van der Waals surface area contributed by atoms with Crippen molar-refractivity contribution >= 4 is 5.57 Å². The van der Waals surface area contributed by atoms with E-state index in [9.17, 15) is 0 Å². The molecular weight excluding hydrogens is 408 g/mol. The number of fused-ring (bicyclic) bond motifs is 2. The molecule has 0 aliphatic heterocycles. The van der Waals surface area contributed by atoms with Crippen molar-refractivity contribution in [3.63, 3.8) is 0 Å². The van der Waals surface area contributed by atoms with Crippen LogP contribution < -0.4 is 0 Å². The fourth-order valence-corrected chi connectivity index (χ4v) is 5.74. The molecule has 0 nitrogen and oxygen atoms in total. The maximum Gasteiger partial charge on any atom is 0.00675 e. The quantitative estimate of drug-likeness (QED) is 0.292. The van der Waals surface area contributed by atoms with Gasteiger partial charge in [0, 0.05) is 5.92 Å². The van der Waals surface area contributed by atoms with E-state index in [4.69, 9.17) is 0 Å². The summed E-state index contributed by atoms with van der Waals surface area (Å²) in [6.07, 6.45) is 3.67. The molecule has 0 bridgehead atoms. The Kier molecular flexibility index (Phi) is 5.67. The van der Waals surface area contributed by atoms with E-state index < -0.39 is 0 Å². The third kappa shape index (κ3) is 3.68. The van der Waals surface area contributed by atoms with Crippen molar-refractivity contribution in [3.05, 3.63) is 99.1 Å². The van der Waals surface area contributed by atoms with Gasteiger partial charge in [-0.25, -0.2) is 0 Å². The summed E-state index contributed by atoms with van der Waals surface area (Å²) in [5.74, 6) is 1.60. The number of hydrogen-bond donors (Lipinski definition) is 0. The second-order valence-corrected chi connectivity index (χ2v) is 11.2. The van der Waals surface area contributed by atoms with Crippen LogP contribution in [-0.4, -0.2) is 0 Å². The third-order valence-electron chi connectivity index (χ3n) is 8.26. The minimum Gasteiger partial charge on any atom is -0.0728 e. The van der Waals surface area contributed by atoms with Crippen LogP contribution >= 0.6 is 0 Å². The Morgan fingerprint density at radius 3 is 1.62 bits per heavy atom. The lowest BCUT2D eigenvalue weighted by molar-refractivity contribution is 0.812. The molecule has 0 N–H and O–H groups in total. The molecule has 0 saturated heterocycles. The zero-order valence-electron chi connectivity index (χ0n) is 22.1. The predicted octanol–water partition coefficient (Wildman–Crippen LogP) is 9.95. The number of hydrogen-bond acceptors (Lipinski definition) is 0. The van der Waals surface area contributed by atoms with Gasteiger partial charge in [0.05, 0.1) is 0 Å². The van der Waals surface area contributed by atoms with E-state index >= 15 is 0 Å². The zero-order valence-corrected chi connectivity index (χ0v) is 22.1. The second kappa shape index (κ2) is 8.42. The summed E-state index contributed by atoms with van der Waals surface area (Å²) in [5.41, 5.74) is 18.7. The van der Waals surface area contributed by atoms with Crippen molar-refractivity contribution in [2.45, 2.75) is 79.6 Å². The molecule has 5 aliphatic rings. The highest BCUT2D eigenvalue weighted by Crippen LogP contribution is 2.49. The highest BCUT2D eigenvalue weighted by molar-refractivity contribution is 5.88. The highest BCUT2D eigenvalue weighted by atomic mass is 14.3. The summed E-state index contributed by atoms with van der Waals surface area (Å²) in [7, 11) is 0. The molecule has 5 rings (SSSR count). The van der Waals surface area contributed by atoms with Crippen LogP contribution in [0.2, 0.25) is 0 Å². The van der Waals surface area contributed by atoms with E-state index in [2.05, 4.69) is 110 Å². The normalized spacial score (nSPS) is 15.9. The molecule has 0 spiro atoms. The van der Waals surface area contributed by atoms with Gasteiger partial charge in [0.1, 0.15) is 0 Å². The summed E-state index contributed by atoms with van der Waals surface area (Å²) in [4.78, 5) is 0. The van der Waals surface area contributed by atoms with E-state index in [0.717, 1.165) is 6.42 Å². The van der Waals surface area contributed by atoms with Crippen molar-refractivity contribution in [3.8, 4) is 22.3 Å². The standard InChI is InChI=1S/C34H38/c1-19(2)25-11-9-21(5)29-17-31(23(7)33(29)15-25)27-13-28(14-27)32-18-30-22(6)10-12-26(20(3)4)16-34(30)24(32)8/h9-13,15-20,27H,14H2,1-8H3. The smallest absolute Gasteiger partial charge is 0.00675 e. The summed E-state index contributed by atoms with van der Waals surface area (Å²) in [5, 5.41) is 0. The van der Waals surface area contributed by atoms with Crippen LogP contribution in [0, 0.1) is 27.7 Å². The van der Waals surface area contributed by atoms with Gasteiger partial charge >= 0.3 is 0 Å². The minimum atomic E-state index is 0.524. The van der Waals surface area contributed by atoms with Gasteiger partial charge in [0.2, 0.25) is 0 Å². The van der Waals surface area contributed by atoms with Gasteiger partial charge in [-0.2, -0.15) is 0 Å². The molecule has 1 atom stereocenters. The fraction of sp³-hybridized carbons (Fsp3) is 0.353. The Labute approximate surface area is 206 Å². The average molecular weight is 447 g/mol. The molecular formula is C34H38. The molecule has 0 heteroatoms. The predicted molar refractivity (Wildman–Crippen MR) is 149 cm³/mol. The first-order valence-corrected chi connectivity index (χ1v) is 12.9. The third-order valence-corrected chi connectivity index (χ3v) is 8.26. The Balaban J connectivity index is 1.55. The van der Waals surface area contributed by atoms with E-state index in [0.29, 0.717) is 17.8 Å². The van der Waals surface area contributed by atoms with Gasteiger partial charge in [0.25, 0.3) is 0 Å². The number of rotatable bonds is 4. The van der Waals surface area contributed by atoms with Crippen LogP contribution in [0.4, 0.5) is 0 Å². The van der Waals surface area contributed by atoms with E-state index in [1.807, 2.05) is 0 Å². The molecule has 0 aromatic carbocycles. The average Bonchev–Trinajstić information content (AvgIpc) is 3.09. The Morgan fingerprint density at radius 1 is 0.588 bits per heavy atom. The Bertz CT molecular complexity index is 1360. The summed E-state index contributed by atoms with van der Waals surface area (Å²) < 4.78 is 0. The lowest BCUT2D eigenvalue weighted by atomic mass is 9.78. The zero-order chi connectivity index (χ0) is 24.3. The monoisotopic (exact) mass is 446 g/mol. The maximum atomic E-state index is 2.53. The largest absolute Gasteiger partial charge is 0.0728 e. The summed E-state index contributed by atoms with van der Waals surface area (Å²) in [6, 6.07) is 19.0. The number of allylic oxidation sites excluding steroid dienone is 2. The molecule has 0 fully saturated rings. The van der Waals surface area contributed by atoms with Gasteiger partial charge in [-0.15, -0.1) is 0 Å². The highest BCUT2D eigenvalue weighted by Gasteiger charge is 2.29. The van der Waals surface area contributed by atoms with Crippen LogP contribution in [0.5, 0.6) is 0 Å². The molecule has 0 radical (unpaired) electrons. The van der Waals surface area contributed by atoms with Gasteiger partial charge in [0.15, 0.2) is 0 Å². The van der Waals surface area contributed by atoms with Gasteiger partial charge in [-0.3, -0.25) is 0 Å². The lowest BCUT2D eigenvalue weighted by Gasteiger charge is -2.26. The van der Waals surface area contributed by atoms with Crippen molar-refractivity contribution < 1.29 is 0 Å². The topological polar surface area (TPSA) is 0 Å². The van der Waals surface area contributed by atoms with Gasteiger partial charge < -0.3 is 0 Å². The van der Waals surface area contributed by atoms with Crippen LogP contribution in [-0.2, 0) is 0 Å².